The van der Waals surface area contributed by atoms with E-state index in [9.17, 15) is 24.0 Å². The van der Waals surface area contributed by atoms with Gasteiger partial charge in [-0.3, -0.25) is 24.0 Å². The molecule has 0 radical (unpaired) electrons. The Morgan fingerprint density at radius 2 is 1.49 bits per heavy atom. The van der Waals surface area contributed by atoms with Gasteiger partial charge in [0.25, 0.3) is 0 Å². The van der Waals surface area contributed by atoms with Crippen molar-refractivity contribution in [2.75, 3.05) is 85.7 Å². The number of carbonyl (C=O) groups is 5. The summed E-state index contributed by atoms with van der Waals surface area (Å²) >= 11 is 0. The molecule has 0 fully saturated rings. The van der Waals surface area contributed by atoms with E-state index in [0.717, 1.165) is 5.69 Å². The topological polar surface area (TPSA) is 222 Å². The van der Waals surface area contributed by atoms with Gasteiger partial charge in [-0.1, -0.05) is 0 Å². The smallest absolute Gasteiger partial charge is 0.246 e. The molecule has 2 atom stereocenters. The SMILES string of the molecule is CCOCC(=O)NCCOCCOCC(=O)CCCOCCOCC(=O)NCCCC[C@H](NCC(=O)[C@@H](N)Cc1cnc[nH]1)C(C)=O. The molecule has 16 nitrogen and oxygen atoms in total. The van der Waals surface area contributed by atoms with Crippen LogP contribution in [-0.4, -0.2) is 137 Å². The monoisotopic (exact) mass is 670 g/mol. The van der Waals surface area contributed by atoms with Crippen LogP contribution in [0.3, 0.4) is 0 Å². The van der Waals surface area contributed by atoms with Crippen molar-refractivity contribution >= 4 is 29.2 Å². The lowest BCUT2D eigenvalue weighted by molar-refractivity contribution is -0.127. The summed E-state index contributed by atoms with van der Waals surface area (Å²) in [5, 5.41) is 8.43. The Balaban J connectivity index is 1.93. The van der Waals surface area contributed by atoms with Gasteiger partial charge in [0.2, 0.25) is 11.8 Å². The van der Waals surface area contributed by atoms with Crippen LogP contribution in [0.4, 0.5) is 0 Å². The van der Waals surface area contributed by atoms with Crippen LogP contribution in [-0.2, 0) is 54.1 Å². The second-order valence-corrected chi connectivity index (χ2v) is 10.7. The molecule has 16 heteroatoms. The van der Waals surface area contributed by atoms with Gasteiger partial charge in [-0.15, -0.1) is 0 Å². The summed E-state index contributed by atoms with van der Waals surface area (Å²) in [5.74, 6) is -0.718. The molecular weight excluding hydrogens is 616 g/mol. The largest absolute Gasteiger partial charge is 0.379 e. The van der Waals surface area contributed by atoms with Crippen LogP contribution in [0.1, 0.15) is 51.6 Å². The molecule has 268 valence electrons. The van der Waals surface area contributed by atoms with Crippen molar-refractivity contribution in [1.29, 1.82) is 0 Å². The Bertz CT molecular complexity index is 1010. The van der Waals surface area contributed by atoms with Gasteiger partial charge in [0.1, 0.15) is 25.6 Å². The maximum Gasteiger partial charge on any atom is 0.246 e. The number of nitrogens with one attached hydrogen (secondary N) is 4. The van der Waals surface area contributed by atoms with Gasteiger partial charge >= 0.3 is 0 Å². The summed E-state index contributed by atoms with van der Waals surface area (Å²) in [6.45, 7) is 6.44. The highest BCUT2D eigenvalue weighted by Gasteiger charge is 2.19. The molecular formula is C31H54N6O10. The molecule has 47 heavy (non-hydrogen) atoms. The number of rotatable bonds is 32. The van der Waals surface area contributed by atoms with Gasteiger partial charge in [-0.05, 0) is 39.5 Å². The number of imidazole rings is 1. The molecule has 0 saturated carbocycles. The van der Waals surface area contributed by atoms with E-state index in [1.54, 1.807) is 6.20 Å². The summed E-state index contributed by atoms with van der Waals surface area (Å²) in [5.41, 5.74) is 6.73. The molecule has 1 aromatic rings. The van der Waals surface area contributed by atoms with E-state index in [-0.39, 0.29) is 68.7 Å². The molecule has 0 unspecified atom stereocenters. The average molecular weight is 671 g/mol. The Hall–Kier alpha value is -3.12. The van der Waals surface area contributed by atoms with E-state index in [2.05, 4.69) is 25.9 Å². The highest BCUT2D eigenvalue weighted by Crippen LogP contribution is 2.03. The predicted octanol–water partition coefficient (Wildman–Crippen LogP) is -0.749. The fraction of sp³-hybridized carbons (Fsp3) is 0.742. The van der Waals surface area contributed by atoms with Gasteiger partial charge in [0, 0.05) is 51.0 Å². The van der Waals surface area contributed by atoms with Gasteiger partial charge in [0.15, 0.2) is 11.6 Å². The molecule has 0 bridgehead atoms. The highest BCUT2D eigenvalue weighted by molar-refractivity contribution is 5.87. The molecule has 0 saturated heterocycles. The maximum atomic E-state index is 12.3. The molecule has 0 aliphatic rings. The van der Waals surface area contributed by atoms with Crippen LogP contribution in [0.25, 0.3) is 0 Å². The lowest BCUT2D eigenvalue weighted by Gasteiger charge is -2.17. The fourth-order valence-electron chi connectivity index (χ4n) is 4.05. The molecule has 0 spiro atoms. The first-order valence-electron chi connectivity index (χ1n) is 16.2. The van der Waals surface area contributed by atoms with E-state index in [0.29, 0.717) is 84.6 Å². The number of nitrogens with two attached hydrogens (primary N) is 1. The van der Waals surface area contributed by atoms with Crippen LogP contribution in [0.15, 0.2) is 12.5 Å². The van der Waals surface area contributed by atoms with E-state index < -0.39 is 12.1 Å². The third-order valence-corrected chi connectivity index (χ3v) is 6.65. The highest BCUT2D eigenvalue weighted by atomic mass is 16.5. The number of aromatic amines is 1. The Morgan fingerprint density at radius 3 is 2.17 bits per heavy atom. The lowest BCUT2D eigenvalue weighted by atomic mass is 10.0. The second-order valence-electron chi connectivity index (χ2n) is 10.7. The number of aromatic nitrogens is 2. The van der Waals surface area contributed by atoms with Gasteiger partial charge in [0.05, 0.1) is 58.0 Å². The van der Waals surface area contributed by atoms with E-state index in [1.165, 1.54) is 13.3 Å². The first-order chi connectivity index (χ1) is 22.7. The first-order valence-corrected chi connectivity index (χ1v) is 16.2. The number of ketones is 3. The second kappa shape index (κ2) is 27.9. The van der Waals surface area contributed by atoms with Crippen molar-refractivity contribution < 1.29 is 47.7 Å². The van der Waals surface area contributed by atoms with Crippen molar-refractivity contribution in [2.45, 2.75) is 64.5 Å². The summed E-state index contributed by atoms with van der Waals surface area (Å²) in [6, 6.07) is -1.15. The maximum absolute atomic E-state index is 12.3. The molecule has 1 rings (SSSR count). The van der Waals surface area contributed by atoms with Crippen LogP contribution in [0.2, 0.25) is 0 Å². The zero-order chi connectivity index (χ0) is 34.5. The number of unbranched alkanes of at least 4 members (excludes halogenated alkanes) is 1. The van der Waals surface area contributed by atoms with Gasteiger partial charge < -0.3 is 50.4 Å². The molecule has 2 amide bonds. The lowest BCUT2D eigenvalue weighted by Crippen LogP contribution is -2.44. The first kappa shape index (κ1) is 41.9. The zero-order valence-electron chi connectivity index (χ0n) is 27.9. The Kier molecular flexibility index (Phi) is 24.9. The Morgan fingerprint density at radius 1 is 0.830 bits per heavy atom. The van der Waals surface area contributed by atoms with Crippen LogP contribution in [0, 0.1) is 0 Å². The number of carbonyl (C=O) groups excluding carboxylic acids is 5. The summed E-state index contributed by atoms with van der Waals surface area (Å²) in [4.78, 5) is 66.3. The average Bonchev–Trinajstić information content (AvgIpc) is 3.56. The number of hydrogen-bond acceptors (Lipinski definition) is 13. The molecule has 1 heterocycles. The number of amides is 2. The number of hydrogen-bond donors (Lipinski definition) is 5. The van der Waals surface area contributed by atoms with Crippen molar-refractivity contribution in [3.63, 3.8) is 0 Å². The predicted molar refractivity (Wildman–Crippen MR) is 172 cm³/mol. The van der Waals surface area contributed by atoms with Crippen molar-refractivity contribution in [2.24, 2.45) is 5.73 Å². The van der Waals surface area contributed by atoms with E-state index >= 15 is 0 Å². The molecule has 0 aromatic carbocycles. The van der Waals surface area contributed by atoms with Gasteiger partial charge in [-0.2, -0.15) is 0 Å². The van der Waals surface area contributed by atoms with Crippen molar-refractivity contribution in [3.05, 3.63) is 18.2 Å². The number of nitrogens with zero attached hydrogens (tertiary/aromatic N) is 1. The number of ether oxygens (including phenoxy) is 5. The van der Waals surface area contributed by atoms with Crippen molar-refractivity contribution in [3.8, 4) is 0 Å². The van der Waals surface area contributed by atoms with Crippen molar-refractivity contribution in [1.82, 2.24) is 25.9 Å². The summed E-state index contributed by atoms with van der Waals surface area (Å²) < 4.78 is 26.4. The number of Topliss-reactive ketones (excluding diaryl/α,β-unsaturated/α-hetero) is 3. The van der Waals surface area contributed by atoms with Crippen LogP contribution < -0.4 is 21.7 Å². The normalized spacial score (nSPS) is 12.4. The Labute approximate surface area is 276 Å². The molecule has 0 aliphatic heterocycles. The zero-order valence-corrected chi connectivity index (χ0v) is 27.9. The quantitative estimate of drug-likeness (QED) is 0.0596. The minimum absolute atomic E-state index is 0.00288. The van der Waals surface area contributed by atoms with E-state index in [4.69, 9.17) is 29.4 Å². The van der Waals surface area contributed by atoms with E-state index in [1.807, 2.05) is 6.92 Å². The minimum Gasteiger partial charge on any atom is -0.379 e. The molecule has 0 aliphatic carbocycles. The standard InChI is InChI=1S/C31H54N6O10/c1-3-43-21-30(41)35-10-12-45-14-15-46-20-26(39)7-6-11-44-13-16-47-22-31(42)34-9-5-4-8-28(24(2)38)36-19-29(40)27(32)17-25-18-33-23-37-25/h18,23,27-28,36H,3-17,19-22,32H2,1-2H3,(H,33,37)(H,34,42)(H,35,41)/t27-,28-/m0/s1. The minimum atomic E-state index is -0.689. The number of H-pyrrole nitrogens is 1. The summed E-state index contributed by atoms with van der Waals surface area (Å²) in [6.07, 6.45) is 6.26. The van der Waals surface area contributed by atoms with Crippen LogP contribution >= 0.6 is 0 Å². The fourth-order valence-corrected chi connectivity index (χ4v) is 4.05. The molecule has 1 aromatic heterocycles. The third-order valence-electron chi connectivity index (χ3n) is 6.65. The van der Waals surface area contributed by atoms with Gasteiger partial charge in [-0.25, -0.2) is 4.98 Å². The molecule has 6 N–H and O–H groups in total. The third kappa shape index (κ3) is 23.8. The summed E-state index contributed by atoms with van der Waals surface area (Å²) in [7, 11) is 0. The van der Waals surface area contributed by atoms with Crippen LogP contribution in [0.5, 0.6) is 0 Å².